The summed E-state index contributed by atoms with van der Waals surface area (Å²) in [7, 11) is 5.11. The highest BCUT2D eigenvalue weighted by atomic mass is 16.5. The van der Waals surface area contributed by atoms with Crippen LogP contribution in [0.1, 0.15) is 32.3 Å². The first-order chi connectivity index (χ1) is 12.2. The van der Waals surface area contributed by atoms with Crippen molar-refractivity contribution >= 4 is 5.96 Å². The number of aliphatic imine (C=N–C) groups is 1. The van der Waals surface area contributed by atoms with Crippen molar-refractivity contribution in [1.29, 1.82) is 0 Å². The van der Waals surface area contributed by atoms with Gasteiger partial charge in [0.1, 0.15) is 11.5 Å². The van der Waals surface area contributed by atoms with E-state index in [0.717, 1.165) is 55.6 Å². The molecule has 6 nitrogen and oxygen atoms in total. The topological polar surface area (TPSA) is 58.1 Å². The first-order valence-electron chi connectivity index (χ1n) is 9.06. The molecule has 0 radical (unpaired) electrons. The molecule has 25 heavy (non-hydrogen) atoms. The second kappa shape index (κ2) is 12.4. The van der Waals surface area contributed by atoms with Crippen LogP contribution in [0.15, 0.2) is 23.2 Å². The number of benzene rings is 1. The van der Waals surface area contributed by atoms with Gasteiger partial charge in [0, 0.05) is 31.8 Å². The van der Waals surface area contributed by atoms with Crippen LogP contribution < -0.4 is 20.1 Å². The lowest BCUT2D eigenvalue weighted by Gasteiger charge is -2.18. The van der Waals surface area contributed by atoms with Crippen LogP contribution in [0.4, 0.5) is 0 Å². The molecule has 0 aliphatic rings. The monoisotopic (exact) mass is 350 g/mol. The van der Waals surface area contributed by atoms with Crippen LogP contribution in [0.2, 0.25) is 0 Å². The Morgan fingerprint density at radius 3 is 2.44 bits per heavy atom. The van der Waals surface area contributed by atoms with E-state index < -0.39 is 0 Å². The predicted octanol–water partition coefficient (Wildman–Crippen LogP) is 2.49. The van der Waals surface area contributed by atoms with E-state index in [4.69, 9.17) is 9.47 Å². The third-order valence-corrected chi connectivity index (χ3v) is 4.25. The molecule has 0 atom stereocenters. The van der Waals surface area contributed by atoms with Crippen molar-refractivity contribution in [2.24, 2.45) is 4.99 Å². The van der Waals surface area contributed by atoms with Crippen LogP contribution >= 0.6 is 0 Å². The highest BCUT2D eigenvalue weighted by molar-refractivity contribution is 5.79. The summed E-state index contributed by atoms with van der Waals surface area (Å²) in [5.74, 6) is 2.40. The molecule has 0 saturated heterocycles. The molecule has 1 rings (SSSR count). The number of ether oxygens (including phenoxy) is 2. The largest absolute Gasteiger partial charge is 0.497 e. The Morgan fingerprint density at radius 1 is 1.08 bits per heavy atom. The van der Waals surface area contributed by atoms with Gasteiger partial charge in [-0.1, -0.05) is 13.8 Å². The van der Waals surface area contributed by atoms with Gasteiger partial charge in [0.2, 0.25) is 0 Å². The van der Waals surface area contributed by atoms with Gasteiger partial charge in [0.15, 0.2) is 5.96 Å². The zero-order valence-electron chi connectivity index (χ0n) is 16.4. The van der Waals surface area contributed by atoms with Gasteiger partial charge in [-0.05, 0) is 44.6 Å². The zero-order chi connectivity index (χ0) is 18.5. The number of nitrogens with one attached hydrogen (secondary N) is 2. The summed E-state index contributed by atoms with van der Waals surface area (Å²) in [6.45, 7) is 9.38. The lowest BCUT2D eigenvalue weighted by Crippen LogP contribution is -2.37. The van der Waals surface area contributed by atoms with Gasteiger partial charge >= 0.3 is 0 Å². The van der Waals surface area contributed by atoms with E-state index in [-0.39, 0.29) is 0 Å². The Bertz CT molecular complexity index is 516. The van der Waals surface area contributed by atoms with Gasteiger partial charge in [0.05, 0.1) is 14.2 Å². The second-order valence-corrected chi connectivity index (χ2v) is 5.76. The molecular weight excluding hydrogens is 316 g/mol. The number of unbranched alkanes of at least 4 members (excludes halogenated alkanes) is 1. The molecule has 6 heteroatoms. The van der Waals surface area contributed by atoms with Crippen molar-refractivity contribution in [1.82, 2.24) is 15.5 Å². The molecule has 0 fully saturated rings. The second-order valence-electron chi connectivity index (χ2n) is 5.76. The Balaban J connectivity index is 2.37. The molecule has 0 aliphatic carbocycles. The van der Waals surface area contributed by atoms with Crippen molar-refractivity contribution in [3.63, 3.8) is 0 Å². The third kappa shape index (κ3) is 7.65. The summed E-state index contributed by atoms with van der Waals surface area (Å²) in [6.07, 6.45) is 2.32. The fourth-order valence-corrected chi connectivity index (χ4v) is 2.60. The molecule has 0 amide bonds. The quantitative estimate of drug-likeness (QED) is 0.365. The Morgan fingerprint density at radius 2 is 1.84 bits per heavy atom. The van der Waals surface area contributed by atoms with E-state index in [1.54, 1.807) is 21.3 Å². The highest BCUT2D eigenvalue weighted by Crippen LogP contribution is 2.24. The number of nitrogens with zero attached hydrogens (tertiary/aromatic N) is 2. The summed E-state index contributed by atoms with van der Waals surface area (Å²) in [5.41, 5.74) is 1.06. The van der Waals surface area contributed by atoms with Crippen molar-refractivity contribution in [3.05, 3.63) is 23.8 Å². The smallest absolute Gasteiger partial charge is 0.191 e. The molecule has 0 saturated carbocycles. The molecule has 1 aromatic carbocycles. The summed E-state index contributed by atoms with van der Waals surface area (Å²) in [5, 5.41) is 6.69. The standard InChI is InChI=1S/C19H34N4O2/c1-6-23(7-2)13-9-8-12-21-19(20-3)22-15-16-10-11-17(24-4)14-18(16)25-5/h10-11,14H,6-9,12-13,15H2,1-5H3,(H2,20,21,22). The SMILES string of the molecule is CCN(CC)CCCCNC(=NC)NCc1ccc(OC)cc1OC. The lowest BCUT2D eigenvalue weighted by atomic mass is 10.2. The molecule has 0 bridgehead atoms. The number of guanidine groups is 1. The summed E-state index contributed by atoms with van der Waals surface area (Å²) >= 11 is 0. The summed E-state index contributed by atoms with van der Waals surface area (Å²) in [6, 6.07) is 5.82. The van der Waals surface area contributed by atoms with E-state index >= 15 is 0 Å². The summed E-state index contributed by atoms with van der Waals surface area (Å²) in [4.78, 5) is 6.72. The van der Waals surface area contributed by atoms with Crippen LogP contribution in [0, 0.1) is 0 Å². The van der Waals surface area contributed by atoms with Gasteiger partial charge in [-0.3, -0.25) is 4.99 Å². The summed E-state index contributed by atoms with van der Waals surface area (Å²) < 4.78 is 10.7. The molecule has 0 aliphatic heterocycles. The maximum Gasteiger partial charge on any atom is 0.191 e. The van der Waals surface area contributed by atoms with E-state index in [0.29, 0.717) is 6.54 Å². The Kier molecular flexibility index (Phi) is 10.5. The molecule has 142 valence electrons. The third-order valence-electron chi connectivity index (χ3n) is 4.25. The van der Waals surface area contributed by atoms with E-state index in [1.165, 1.54) is 6.42 Å². The van der Waals surface area contributed by atoms with Crippen LogP contribution in [0.5, 0.6) is 11.5 Å². The van der Waals surface area contributed by atoms with E-state index in [2.05, 4.69) is 34.4 Å². The Hall–Kier alpha value is -1.95. The van der Waals surface area contributed by atoms with Crippen LogP contribution in [-0.2, 0) is 6.54 Å². The Labute approximate surface area is 152 Å². The number of methoxy groups -OCH3 is 2. The normalized spacial score (nSPS) is 11.5. The van der Waals surface area contributed by atoms with Crippen molar-refractivity contribution < 1.29 is 9.47 Å². The first-order valence-corrected chi connectivity index (χ1v) is 9.06. The van der Waals surface area contributed by atoms with Gasteiger partial charge in [-0.15, -0.1) is 0 Å². The minimum Gasteiger partial charge on any atom is -0.497 e. The molecule has 0 heterocycles. The first kappa shape index (κ1) is 21.1. The molecular formula is C19H34N4O2. The molecule has 2 N–H and O–H groups in total. The maximum atomic E-state index is 5.43. The fourth-order valence-electron chi connectivity index (χ4n) is 2.60. The van der Waals surface area contributed by atoms with Crippen LogP contribution in [0.3, 0.4) is 0 Å². The highest BCUT2D eigenvalue weighted by Gasteiger charge is 2.06. The molecule has 0 unspecified atom stereocenters. The fraction of sp³-hybridized carbons (Fsp3) is 0.632. The minimum atomic E-state index is 0.645. The number of hydrogen-bond donors (Lipinski definition) is 2. The van der Waals surface area contributed by atoms with Gasteiger partial charge in [-0.25, -0.2) is 0 Å². The lowest BCUT2D eigenvalue weighted by molar-refractivity contribution is 0.297. The maximum absolute atomic E-state index is 5.43. The van der Waals surface area contributed by atoms with Gasteiger partial charge in [-0.2, -0.15) is 0 Å². The van der Waals surface area contributed by atoms with Gasteiger partial charge < -0.3 is 25.0 Å². The van der Waals surface area contributed by atoms with Gasteiger partial charge in [0.25, 0.3) is 0 Å². The van der Waals surface area contributed by atoms with Crippen LogP contribution in [0.25, 0.3) is 0 Å². The average molecular weight is 351 g/mol. The average Bonchev–Trinajstić information content (AvgIpc) is 2.66. The molecule has 1 aromatic rings. The van der Waals surface area contributed by atoms with E-state index in [1.807, 2.05) is 18.2 Å². The number of hydrogen-bond acceptors (Lipinski definition) is 4. The molecule has 0 aromatic heterocycles. The van der Waals surface area contributed by atoms with Crippen molar-refractivity contribution in [2.75, 3.05) is 47.4 Å². The minimum absolute atomic E-state index is 0.645. The molecule has 0 spiro atoms. The van der Waals surface area contributed by atoms with Crippen LogP contribution in [-0.4, -0.2) is 58.3 Å². The zero-order valence-corrected chi connectivity index (χ0v) is 16.4. The van der Waals surface area contributed by atoms with Crippen molar-refractivity contribution in [2.45, 2.75) is 33.2 Å². The van der Waals surface area contributed by atoms with Crippen molar-refractivity contribution in [3.8, 4) is 11.5 Å². The van der Waals surface area contributed by atoms with E-state index in [9.17, 15) is 0 Å². The predicted molar refractivity (Wildman–Crippen MR) is 105 cm³/mol. The number of rotatable bonds is 11.